The molecular formula is C26H31ClN2O3. The van der Waals surface area contributed by atoms with E-state index in [4.69, 9.17) is 16.3 Å². The summed E-state index contributed by atoms with van der Waals surface area (Å²) in [5.41, 5.74) is 2.08. The lowest BCUT2D eigenvalue weighted by Gasteiger charge is -2.34. The number of rotatable bonds is 5. The molecule has 2 heterocycles. The second-order valence-corrected chi connectivity index (χ2v) is 9.10. The molecule has 32 heavy (non-hydrogen) atoms. The molecule has 5 nitrogen and oxygen atoms in total. The van der Waals surface area contributed by atoms with E-state index in [0.29, 0.717) is 23.9 Å². The second kappa shape index (κ2) is 10.9. The second-order valence-electron chi connectivity index (χ2n) is 8.69. The van der Waals surface area contributed by atoms with Gasteiger partial charge in [-0.3, -0.25) is 9.59 Å². The maximum atomic E-state index is 12.8. The van der Waals surface area contributed by atoms with Crippen molar-refractivity contribution in [2.45, 2.75) is 38.5 Å². The summed E-state index contributed by atoms with van der Waals surface area (Å²) in [4.78, 5) is 29.3. The summed E-state index contributed by atoms with van der Waals surface area (Å²) in [5.74, 6) is 0.762. The smallest absolute Gasteiger partial charge is 0.260 e. The molecular weight excluding hydrogens is 424 g/mol. The van der Waals surface area contributed by atoms with Gasteiger partial charge >= 0.3 is 0 Å². The Morgan fingerprint density at radius 1 is 0.844 bits per heavy atom. The molecule has 2 aliphatic heterocycles. The van der Waals surface area contributed by atoms with E-state index >= 15 is 0 Å². The van der Waals surface area contributed by atoms with Crippen LogP contribution in [0.3, 0.4) is 0 Å². The molecule has 0 atom stereocenters. The molecule has 0 saturated carbocycles. The Labute approximate surface area is 195 Å². The molecule has 2 amide bonds. The predicted molar refractivity (Wildman–Crippen MR) is 127 cm³/mol. The SMILES string of the molecule is O=C(COc1ccc(-c2ccccc2)cc1Cl)N1CCC(C(=O)N2CCCCCC2)CC1. The molecule has 0 aliphatic carbocycles. The first-order chi connectivity index (χ1) is 15.6. The van der Waals surface area contributed by atoms with E-state index < -0.39 is 0 Å². The Morgan fingerprint density at radius 2 is 1.53 bits per heavy atom. The van der Waals surface area contributed by atoms with Crippen molar-refractivity contribution < 1.29 is 14.3 Å². The lowest BCUT2D eigenvalue weighted by atomic mass is 9.95. The number of halogens is 1. The van der Waals surface area contributed by atoms with Gasteiger partial charge in [-0.05, 0) is 48.9 Å². The van der Waals surface area contributed by atoms with Gasteiger partial charge in [-0.1, -0.05) is 60.8 Å². The molecule has 4 rings (SSSR count). The number of ether oxygens (including phenoxy) is 1. The fraction of sp³-hybridized carbons (Fsp3) is 0.462. The Kier molecular flexibility index (Phi) is 7.69. The zero-order valence-corrected chi connectivity index (χ0v) is 19.2. The molecule has 170 valence electrons. The monoisotopic (exact) mass is 454 g/mol. The molecule has 2 aromatic rings. The molecule has 0 N–H and O–H groups in total. The van der Waals surface area contributed by atoms with Crippen molar-refractivity contribution in [2.24, 2.45) is 5.92 Å². The summed E-state index contributed by atoms with van der Waals surface area (Å²) in [6.45, 7) is 2.93. The van der Waals surface area contributed by atoms with E-state index in [1.54, 1.807) is 4.90 Å². The number of amides is 2. The molecule has 2 saturated heterocycles. The molecule has 2 aromatic carbocycles. The van der Waals surface area contributed by atoms with Crippen LogP contribution in [0.25, 0.3) is 11.1 Å². The van der Waals surface area contributed by atoms with Crippen molar-refractivity contribution >= 4 is 23.4 Å². The quantitative estimate of drug-likeness (QED) is 0.636. The number of benzene rings is 2. The highest BCUT2D eigenvalue weighted by Crippen LogP contribution is 2.30. The molecule has 0 aromatic heterocycles. The third-order valence-electron chi connectivity index (χ3n) is 6.50. The van der Waals surface area contributed by atoms with Crippen LogP contribution < -0.4 is 4.74 Å². The molecule has 6 heteroatoms. The minimum absolute atomic E-state index is 0.0399. The highest BCUT2D eigenvalue weighted by Gasteiger charge is 2.30. The van der Waals surface area contributed by atoms with Gasteiger partial charge in [-0.15, -0.1) is 0 Å². The van der Waals surface area contributed by atoms with Crippen molar-refractivity contribution in [3.63, 3.8) is 0 Å². The average molecular weight is 455 g/mol. The highest BCUT2D eigenvalue weighted by atomic mass is 35.5. The molecule has 0 radical (unpaired) electrons. The highest BCUT2D eigenvalue weighted by molar-refractivity contribution is 6.32. The number of nitrogens with zero attached hydrogens (tertiary/aromatic N) is 2. The van der Waals surface area contributed by atoms with Gasteiger partial charge in [0.15, 0.2) is 6.61 Å². The number of carbonyl (C=O) groups excluding carboxylic acids is 2. The third-order valence-corrected chi connectivity index (χ3v) is 6.80. The van der Waals surface area contributed by atoms with Crippen molar-refractivity contribution in [3.8, 4) is 16.9 Å². The van der Waals surface area contributed by atoms with Crippen LogP contribution in [0.4, 0.5) is 0 Å². The van der Waals surface area contributed by atoms with E-state index in [1.165, 1.54) is 12.8 Å². The number of carbonyl (C=O) groups is 2. The third kappa shape index (κ3) is 5.63. The first-order valence-electron chi connectivity index (χ1n) is 11.7. The molecule has 0 unspecified atom stereocenters. The van der Waals surface area contributed by atoms with Crippen LogP contribution in [0.2, 0.25) is 5.02 Å². The fourth-order valence-electron chi connectivity index (χ4n) is 4.58. The summed E-state index contributed by atoms with van der Waals surface area (Å²) in [5, 5.41) is 0.487. The summed E-state index contributed by atoms with van der Waals surface area (Å²) in [6.07, 6.45) is 6.11. The normalized spacial score (nSPS) is 17.7. The summed E-state index contributed by atoms with van der Waals surface area (Å²) in [7, 11) is 0. The van der Waals surface area contributed by atoms with Crippen LogP contribution in [0.15, 0.2) is 48.5 Å². The number of hydrogen-bond acceptors (Lipinski definition) is 3. The predicted octanol–water partition coefficient (Wildman–Crippen LogP) is 5.03. The first-order valence-corrected chi connectivity index (χ1v) is 12.0. The van der Waals surface area contributed by atoms with Crippen molar-refractivity contribution in [1.82, 2.24) is 9.80 Å². The van der Waals surface area contributed by atoms with Crippen molar-refractivity contribution in [1.29, 1.82) is 0 Å². The summed E-state index contributed by atoms with van der Waals surface area (Å²) >= 11 is 6.40. The topological polar surface area (TPSA) is 49.9 Å². The van der Waals surface area contributed by atoms with Crippen LogP contribution in [-0.2, 0) is 9.59 Å². The van der Waals surface area contributed by atoms with Crippen molar-refractivity contribution in [3.05, 3.63) is 53.6 Å². The maximum absolute atomic E-state index is 12.8. The average Bonchev–Trinajstić information content (AvgIpc) is 3.13. The van der Waals surface area contributed by atoms with Crippen LogP contribution in [0, 0.1) is 5.92 Å². The van der Waals surface area contributed by atoms with Gasteiger partial charge in [0.05, 0.1) is 5.02 Å². The summed E-state index contributed by atoms with van der Waals surface area (Å²) < 4.78 is 5.73. The van der Waals surface area contributed by atoms with E-state index in [0.717, 1.165) is 49.9 Å². The van der Waals surface area contributed by atoms with Crippen molar-refractivity contribution in [2.75, 3.05) is 32.8 Å². The lowest BCUT2D eigenvalue weighted by Crippen LogP contribution is -2.45. The number of hydrogen-bond donors (Lipinski definition) is 0. The molecule has 0 bridgehead atoms. The van der Waals surface area contributed by atoms with Gasteiger partial charge < -0.3 is 14.5 Å². The minimum atomic E-state index is -0.0612. The van der Waals surface area contributed by atoms with Crippen LogP contribution in [0.5, 0.6) is 5.75 Å². The largest absolute Gasteiger partial charge is 0.482 e. The Morgan fingerprint density at radius 3 is 2.19 bits per heavy atom. The van der Waals surface area contributed by atoms with E-state index in [9.17, 15) is 9.59 Å². The van der Waals surface area contributed by atoms with Gasteiger partial charge in [0.25, 0.3) is 5.91 Å². The maximum Gasteiger partial charge on any atom is 0.260 e. The van der Waals surface area contributed by atoms with Gasteiger partial charge in [0, 0.05) is 32.1 Å². The van der Waals surface area contributed by atoms with Crippen LogP contribution in [0.1, 0.15) is 38.5 Å². The van der Waals surface area contributed by atoms with Crippen LogP contribution >= 0.6 is 11.6 Å². The first kappa shape index (κ1) is 22.7. The standard InChI is InChI=1S/C26H31ClN2O3/c27-23-18-22(20-8-4-3-5-9-20)10-11-24(23)32-19-25(30)28-16-12-21(13-17-28)26(31)29-14-6-1-2-7-15-29/h3-5,8-11,18,21H,1-2,6-7,12-17,19H2. The zero-order valence-electron chi connectivity index (χ0n) is 18.5. The van der Waals surface area contributed by atoms with Gasteiger partial charge in [0.2, 0.25) is 5.91 Å². The molecule has 2 fully saturated rings. The Hall–Kier alpha value is -2.53. The van der Waals surface area contributed by atoms with Crippen LogP contribution in [-0.4, -0.2) is 54.4 Å². The van der Waals surface area contributed by atoms with E-state index in [-0.39, 0.29) is 24.3 Å². The zero-order chi connectivity index (χ0) is 22.3. The fourth-order valence-corrected chi connectivity index (χ4v) is 4.82. The number of likely N-dealkylation sites (tertiary alicyclic amines) is 2. The van der Waals surface area contributed by atoms with Gasteiger partial charge in [-0.2, -0.15) is 0 Å². The molecule has 2 aliphatic rings. The Balaban J connectivity index is 1.26. The van der Waals surface area contributed by atoms with E-state index in [1.807, 2.05) is 53.4 Å². The van der Waals surface area contributed by atoms with Gasteiger partial charge in [0.1, 0.15) is 5.75 Å². The minimum Gasteiger partial charge on any atom is -0.482 e. The van der Waals surface area contributed by atoms with Gasteiger partial charge in [-0.25, -0.2) is 0 Å². The van der Waals surface area contributed by atoms with E-state index in [2.05, 4.69) is 0 Å². The number of piperidine rings is 1. The lowest BCUT2D eigenvalue weighted by molar-refractivity contribution is -0.141. The molecule has 0 spiro atoms. The summed E-state index contributed by atoms with van der Waals surface area (Å²) in [6, 6.07) is 15.6. The Bertz CT molecular complexity index is 918.